The van der Waals surface area contributed by atoms with Crippen LogP contribution >= 0.6 is 11.8 Å². The Morgan fingerprint density at radius 3 is 2.71 bits per heavy atom. The molecule has 0 atom stereocenters. The monoisotopic (exact) mass is 210 g/mol. The average Bonchev–Trinajstić information content (AvgIpc) is 2.12. The summed E-state index contributed by atoms with van der Waals surface area (Å²) in [6, 6.07) is 6.19. The molecule has 0 radical (unpaired) electrons. The first-order chi connectivity index (χ1) is 6.61. The number of aryl methyl sites for hydroxylation is 1. The number of nitrogen functional groups attached to an aromatic ring is 1. The molecule has 0 bridgehead atoms. The Kier molecular flexibility index (Phi) is 4.29. The highest BCUT2D eigenvalue weighted by atomic mass is 32.2. The van der Waals surface area contributed by atoms with Crippen molar-refractivity contribution in [3.05, 3.63) is 23.8 Å². The minimum atomic E-state index is 0.927. The minimum absolute atomic E-state index is 0.927. The van der Waals surface area contributed by atoms with Gasteiger partial charge in [0.2, 0.25) is 0 Å². The standard InChI is InChI=1S/C11H18N2S/c1-9-5-4-6-10(11(9)12)14-8-7-13(2)3/h4-6H,7-8,12H2,1-3H3. The normalized spacial score (nSPS) is 10.9. The molecule has 0 aliphatic carbocycles. The summed E-state index contributed by atoms with van der Waals surface area (Å²) < 4.78 is 0. The van der Waals surface area contributed by atoms with Crippen molar-refractivity contribution in [2.24, 2.45) is 0 Å². The zero-order valence-corrected chi connectivity index (χ0v) is 9.90. The quantitative estimate of drug-likeness (QED) is 0.610. The highest BCUT2D eigenvalue weighted by molar-refractivity contribution is 7.99. The lowest BCUT2D eigenvalue weighted by Gasteiger charge is -2.10. The average molecular weight is 210 g/mol. The van der Waals surface area contributed by atoms with Gasteiger partial charge < -0.3 is 10.6 Å². The number of nitrogens with two attached hydrogens (primary N) is 1. The fraction of sp³-hybridized carbons (Fsp3) is 0.455. The molecule has 2 N–H and O–H groups in total. The third-order valence-corrected chi connectivity index (χ3v) is 3.13. The molecule has 0 amide bonds. The maximum absolute atomic E-state index is 5.97. The van der Waals surface area contributed by atoms with E-state index in [2.05, 4.69) is 31.1 Å². The fourth-order valence-electron chi connectivity index (χ4n) is 1.12. The number of hydrogen-bond acceptors (Lipinski definition) is 3. The maximum Gasteiger partial charge on any atom is 0.0481 e. The molecule has 1 aromatic carbocycles. The first-order valence-corrected chi connectivity index (χ1v) is 5.72. The van der Waals surface area contributed by atoms with Crippen LogP contribution in [0.2, 0.25) is 0 Å². The molecule has 3 heteroatoms. The van der Waals surface area contributed by atoms with E-state index in [9.17, 15) is 0 Å². The van der Waals surface area contributed by atoms with Crippen molar-refractivity contribution in [2.75, 3.05) is 32.1 Å². The summed E-state index contributed by atoms with van der Waals surface area (Å²) in [5, 5.41) is 0. The van der Waals surface area contributed by atoms with Gasteiger partial charge in [-0.3, -0.25) is 0 Å². The topological polar surface area (TPSA) is 29.3 Å². The molecule has 0 saturated heterocycles. The van der Waals surface area contributed by atoms with E-state index < -0.39 is 0 Å². The highest BCUT2D eigenvalue weighted by Gasteiger charge is 2.01. The lowest BCUT2D eigenvalue weighted by Crippen LogP contribution is -2.14. The third kappa shape index (κ3) is 3.24. The van der Waals surface area contributed by atoms with Crippen LogP contribution in [0.15, 0.2) is 23.1 Å². The molecule has 1 aromatic rings. The van der Waals surface area contributed by atoms with Crippen molar-refractivity contribution in [3.63, 3.8) is 0 Å². The van der Waals surface area contributed by atoms with E-state index in [1.807, 2.05) is 24.8 Å². The molecule has 0 saturated carbocycles. The van der Waals surface area contributed by atoms with E-state index in [1.165, 1.54) is 10.5 Å². The number of para-hydroxylation sites is 1. The molecule has 0 heterocycles. The van der Waals surface area contributed by atoms with Gasteiger partial charge in [-0.25, -0.2) is 0 Å². The zero-order valence-electron chi connectivity index (χ0n) is 9.08. The summed E-state index contributed by atoms with van der Waals surface area (Å²) in [7, 11) is 4.17. The van der Waals surface area contributed by atoms with Crippen LogP contribution in [-0.4, -0.2) is 31.3 Å². The predicted octanol–water partition coefficient (Wildman–Crippen LogP) is 2.23. The number of thioether (sulfide) groups is 1. The van der Waals surface area contributed by atoms with Crippen molar-refractivity contribution in [1.82, 2.24) is 4.90 Å². The van der Waals surface area contributed by atoms with Gasteiger partial charge in [-0.05, 0) is 32.6 Å². The third-order valence-electron chi connectivity index (χ3n) is 2.08. The molecule has 0 unspecified atom stereocenters. The SMILES string of the molecule is Cc1cccc(SCCN(C)C)c1N. The number of rotatable bonds is 4. The molecule has 0 spiro atoms. The lowest BCUT2D eigenvalue weighted by molar-refractivity contribution is 0.437. The minimum Gasteiger partial charge on any atom is -0.398 e. The van der Waals surface area contributed by atoms with Gasteiger partial charge >= 0.3 is 0 Å². The van der Waals surface area contributed by atoms with Crippen LogP contribution in [0.4, 0.5) is 5.69 Å². The van der Waals surface area contributed by atoms with Crippen LogP contribution in [0.3, 0.4) is 0 Å². The number of anilines is 1. The number of hydrogen-bond donors (Lipinski definition) is 1. The summed E-state index contributed by atoms with van der Waals surface area (Å²) in [6.07, 6.45) is 0. The van der Waals surface area contributed by atoms with E-state index in [-0.39, 0.29) is 0 Å². The summed E-state index contributed by atoms with van der Waals surface area (Å²) >= 11 is 1.82. The van der Waals surface area contributed by atoms with E-state index in [0.717, 1.165) is 18.0 Å². The van der Waals surface area contributed by atoms with Crippen molar-refractivity contribution >= 4 is 17.4 Å². The molecule has 14 heavy (non-hydrogen) atoms. The largest absolute Gasteiger partial charge is 0.398 e. The van der Waals surface area contributed by atoms with E-state index in [4.69, 9.17) is 5.73 Å². The fourth-order valence-corrected chi connectivity index (χ4v) is 2.29. The van der Waals surface area contributed by atoms with Gasteiger partial charge in [-0.15, -0.1) is 11.8 Å². The second kappa shape index (κ2) is 5.27. The predicted molar refractivity (Wildman–Crippen MR) is 64.9 cm³/mol. The van der Waals surface area contributed by atoms with Gasteiger partial charge in [0.25, 0.3) is 0 Å². The summed E-state index contributed by atoms with van der Waals surface area (Å²) in [6.45, 7) is 3.13. The molecule has 1 rings (SSSR count). The van der Waals surface area contributed by atoms with Crippen LogP contribution in [0.5, 0.6) is 0 Å². The van der Waals surface area contributed by atoms with Crippen LogP contribution in [-0.2, 0) is 0 Å². The maximum atomic E-state index is 5.97. The summed E-state index contributed by atoms with van der Waals surface area (Å²) in [5.74, 6) is 1.08. The molecule has 78 valence electrons. The van der Waals surface area contributed by atoms with Gasteiger partial charge in [0.1, 0.15) is 0 Å². The molecule has 0 fully saturated rings. The van der Waals surface area contributed by atoms with Crippen molar-refractivity contribution in [2.45, 2.75) is 11.8 Å². The van der Waals surface area contributed by atoms with Gasteiger partial charge in [0, 0.05) is 22.9 Å². The second-order valence-corrected chi connectivity index (χ2v) is 4.78. The second-order valence-electron chi connectivity index (χ2n) is 3.64. The Balaban J connectivity index is 2.54. The van der Waals surface area contributed by atoms with Crippen LogP contribution < -0.4 is 5.73 Å². The Morgan fingerprint density at radius 2 is 2.07 bits per heavy atom. The highest BCUT2D eigenvalue weighted by Crippen LogP contribution is 2.26. The molecular weight excluding hydrogens is 192 g/mol. The number of benzene rings is 1. The lowest BCUT2D eigenvalue weighted by atomic mass is 10.2. The van der Waals surface area contributed by atoms with Gasteiger partial charge in [-0.2, -0.15) is 0 Å². The Morgan fingerprint density at radius 1 is 1.36 bits per heavy atom. The van der Waals surface area contributed by atoms with E-state index >= 15 is 0 Å². The van der Waals surface area contributed by atoms with E-state index in [1.54, 1.807) is 0 Å². The van der Waals surface area contributed by atoms with Gasteiger partial charge in [0.15, 0.2) is 0 Å². The van der Waals surface area contributed by atoms with Gasteiger partial charge in [0.05, 0.1) is 0 Å². The molecule has 0 aliphatic rings. The first-order valence-electron chi connectivity index (χ1n) is 4.74. The van der Waals surface area contributed by atoms with Gasteiger partial charge in [-0.1, -0.05) is 12.1 Å². The Hall–Kier alpha value is -0.670. The zero-order chi connectivity index (χ0) is 10.6. The summed E-state index contributed by atoms with van der Waals surface area (Å²) in [5.41, 5.74) is 8.06. The smallest absolute Gasteiger partial charge is 0.0481 e. The van der Waals surface area contributed by atoms with Crippen LogP contribution in [0.1, 0.15) is 5.56 Å². The summed E-state index contributed by atoms with van der Waals surface area (Å²) in [4.78, 5) is 3.38. The molecule has 2 nitrogen and oxygen atoms in total. The molecule has 0 aromatic heterocycles. The van der Waals surface area contributed by atoms with Crippen molar-refractivity contribution in [1.29, 1.82) is 0 Å². The molecular formula is C11H18N2S. The Bertz CT molecular complexity index is 297. The van der Waals surface area contributed by atoms with Crippen LogP contribution in [0, 0.1) is 6.92 Å². The molecule has 0 aliphatic heterocycles. The van der Waals surface area contributed by atoms with Crippen molar-refractivity contribution < 1.29 is 0 Å². The van der Waals surface area contributed by atoms with Crippen LogP contribution in [0.25, 0.3) is 0 Å². The first kappa shape index (κ1) is 11.4. The van der Waals surface area contributed by atoms with E-state index in [0.29, 0.717) is 0 Å². The van der Waals surface area contributed by atoms with Crippen molar-refractivity contribution in [3.8, 4) is 0 Å². The number of nitrogens with zero attached hydrogens (tertiary/aromatic N) is 1. The Labute approximate surface area is 90.5 Å².